The lowest BCUT2D eigenvalue weighted by Crippen LogP contribution is -2.42. The van der Waals surface area contributed by atoms with Crippen molar-refractivity contribution in [1.29, 1.82) is 0 Å². The topological polar surface area (TPSA) is 40.6 Å². The summed E-state index contributed by atoms with van der Waals surface area (Å²) in [6.07, 6.45) is 4.51. The summed E-state index contributed by atoms with van der Waals surface area (Å²) < 4.78 is 24.9. The largest absolute Gasteiger partial charge is 0.306 e. The van der Waals surface area contributed by atoms with Crippen molar-refractivity contribution in [2.24, 2.45) is 5.92 Å². The van der Waals surface area contributed by atoms with Crippen molar-refractivity contribution in [2.75, 3.05) is 39.5 Å². The van der Waals surface area contributed by atoms with E-state index < -0.39 is 10.0 Å². The van der Waals surface area contributed by atoms with Crippen molar-refractivity contribution in [2.45, 2.75) is 19.3 Å². The molecule has 1 unspecified atom stereocenters. The Morgan fingerprint density at radius 2 is 2.30 bits per heavy atom. The Labute approximate surface area is 126 Å². The number of likely N-dealkylation sites (N-methyl/N-ethyl adjacent to an activating group) is 1. The zero-order valence-electron chi connectivity index (χ0n) is 12.3. The van der Waals surface area contributed by atoms with Gasteiger partial charge in [0.25, 0.3) is 0 Å². The van der Waals surface area contributed by atoms with E-state index in [4.69, 9.17) is 0 Å². The molecule has 0 amide bonds. The van der Waals surface area contributed by atoms with Gasteiger partial charge >= 0.3 is 0 Å². The van der Waals surface area contributed by atoms with Crippen LogP contribution >= 0.6 is 11.3 Å². The van der Waals surface area contributed by atoms with Gasteiger partial charge in [-0.1, -0.05) is 6.07 Å². The lowest BCUT2D eigenvalue weighted by Gasteiger charge is -2.33. The smallest absolute Gasteiger partial charge is 0.211 e. The SMILES string of the molecule is CN(CCc1cccs1)CC1CCCN(S(C)(=O)=O)C1. The third kappa shape index (κ3) is 4.84. The van der Waals surface area contributed by atoms with Crippen LogP contribution in [0.15, 0.2) is 17.5 Å². The maximum atomic E-state index is 11.6. The minimum atomic E-state index is -3.03. The Bertz CT molecular complexity index is 499. The van der Waals surface area contributed by atoms with Crippen LogP contribution in [0.3, 0.4) is 0 Å². The van der Waals surface area contributed by atoms with E-state index in [9.17, 15) is 8.42 Å². The highest BCUT2D eigenvalue weighted by atomic mass is 32.2. The van der Waals surface area contributed by atoms with Crippen LogP contribution in [0.4, 0.5) is 0 Å². The molecule has 2 heterocycles. The molecular formula is C14H24N2O2S2. The molecule has 1 aromatic rings. The first-order chi connectivity index (χ1) is 9.45. The number of nitrogens with zero attached hydrogens (tertiary/aromatic N) is 2. The Balaban J connectivity index is 1.77. The van der Waals surface area contributed by atoms with E-state index in [0.717, 1.165) is 32.4 Å². The van der Waals surface area contributed by atoms with E-state index in [1.165, 1.54) is 11.1 Å². The van der Waals surface area contributed by atoms with Crippen molar-refractivity contribution >= 4 is 21.4 Å². The second-order valence-electron chi connectivity index (χ2n) is 5.72. The second kappa shape index (κ2) is 7.02. The van der Waals surface area contributed by atoms with E-state index in [1.807, 2.05) is 0 Å². The highest BCUT2D eigenvalue weighted by Crippen LogP contribution is 2.19. The first kappa shape index (κ1) is 15.9. The minimum absolute atomic E-state index is 0.465. The standard InChI is InChI=1S/C14H24N2O2S2/c1-15(9-7-14-6-4-10-19-14)11-13-5-3-8-16(12-13)20(2,17)18/h4,6,10,13H,3,5,7-9,11-12H2,1-2H3. The molecular weight excluding hydrogens is 292 g/mol. The molecule has 0 N–H and O–H groups in total. The minimum Gasteiger partial charge on any atom is -0.306 e. The van der Waals surface area contributed by atoms with Crippen molar-refractivity contribution in [3.05, 3.63) is 22.4 Å². The summed E-state index contributed by atoms with van der Waals surface area (Å²) in [5, 5.41) is 2.11. The maximum absolute atomic E-state index is 11.6. The van der Waals surface area contributed by atoms with Crippen LogP contribution in [0.1, 0.15) is 17.7 Å². The van der Waals surface area contributed by atoms with Crippen LogP contribution in [0.5, 0.6) is 0 Å². The summed E-state index contributed by atoms with van der Waals surface area (Å²) in [4.78, 5) is 3.74. The van der Waals surface area contributed by atoms with Crippen molar-refractivity contribution < 1.29 is 8.42 Å². The average molecular weight is 316 g/mol. The molecule has 1 aliphatic rings. The fourth-order valence-corrected chi connectivity index (χ4v) is 4.41. The van der Waals surface area contributed by atoms with Crippen LogP contribution in [0.2, 0.25) is 0 Å². The summed E-state index contributed by atoms with van der Waals surface area (Å²) in [5.74, 6) is 0.465. The maximum Gasteiger partial charge on any atom is 0.211 e. The first-order valence-electron chi connectivity index (χ1n) is 7.11. The number of hydrogen-bond donors (Lipinski definition) is 0. The zero-order chi connectivity index (χ0) is 14.6. The fourth-order valence-electron chi connectivity index (χ4n) is 2.77. The molecule has 1 fully saturated rings. The Morgan fingerprint density at radius 1 is 1.50 bits per heavy atom. The zero-order valence-corrected chi connectivity index (χ0v) is 13.9. The molecule has 0 aliphatic carbocycles. The third-order valence-electron chi connectivity index (χ3n) is 3.84. The Morgan fingerprint density at radius 3 is 2.95 bits per heavy atom. The van der Waals surface area contributed by atoms with E-state index >= 15 is 0 Å². The summed E-state index contributed by atoms with van der Waals surface area (Å²) in [6, 6.07) is 4.26. The number of rotatable bonds is 6. The van der Waals surface area contributed by atoms with Gasteiger partial charge in [0.15, 0.2) is 0 Å². The number of sulfonamides is 1. The fraction of sp³-hybridized carbons (Fsp3) is 0.714. The van der Waals surface area contributed by atoms with Gasteiger partial charge in [-0.3, -0.25) is 0 Å². The van der Waals surface area contributed by atoms with Gasteiger partial charge in [-0.05, 0) is 43.7 Å². The van der Waals surface area contributed by atoms with E-state index in [-0.39, 0.29) is 0 Å². The lowest BCUT2D eigenvalue weighted by atomic mass is 9.99. The summed E-state index contributed by atoms with van der Waals surface area (Å²) in [5.41, 5.74) is 0. The molecule has 6 heteroatoms. The molecule has 2 rings (SSSR count). The molecule has 0 bridgehead atoms. The van der Waals surface area contributed by atoms with E-state index in [2.05, 4.69) is 29.5 Å². The van der Waals surface area contributed by atoms with Crippen molar-refractivity contribution in [3.63, 3.8) is 0 Å². The summed E-state index contributed by atoms with van der Waals surface area (Å²) >= 11 is 1.80. The van der Waals surface area contributed by atoms with Crippen LogP contribution in [0, 0.1) is 5.92 Å². The molecule has 0 radical (unpaired) electrons. The molecule has 1 saturated heterocycles. The summed E-state index contributed by atoms with van der Waals surface area (Å²) in [7, 11) is -0.894. The van der Waals surface area contributed by atoms with Gasteiger partial charge in [-0.15, -0.1) is 11.3 Å². The Kier molecular flexibility index (Phi) is 5.60. The average Bonchev–Trinajstić information content (AvgIpc) is 2.89. The molecule has 1 aliphatic heterocycles. The molecule has 1 atom stereocenters. The van der Waals surface area contributed by atoms with Crippen LogP contribution in [-0.2, 0) is 16.4 Å². The van der Waals surface area contributed by atoms with Gasteiger partial charge in [0.05, 0.1) is 6.26 Å². The predicted molar refractivity (Wildman–Crippen MR) is 84.7 cm³/mol. The normalized spacial score (nSPS) is 21.4. The van der Waals surface area contributed by atoms with Crippen LogP contribution in [0.25, 0.3) is 0 Å². The molecule has 0 saturated carbocycles. The van der Waals surface area contributed by atoms with Gasteiger partial charge in [-0.25, -0.2) is 12.7 Å². The first-order valence-corrected chi connectivity index (χ1v) is 9.84. The molecule has 114 valence electrons. The van der Waals surface area contributed by atoms with Crippen LogP contribution in [-0.4, -0.2) is 57.1 Å². The number of hydrogen-bond acceptors (Lipinski definition) is 4. The molecule has 1 aromatic heterocycles. The predicted octanol–water partition coefficient (Wildman–Crippen LogP) is 1.89. The van der Waals surface area contributed by atoms with Crippen molar-refractivity contribution in [1.82, 2.24) is 9.21 Å². The summed E-state index contributed by atoms with van der Waals surface area (Å²) in [6.45, 7) is 3.39. The van der Waals surface area contributed by atoms with Crippen molar-refractivity contribution in [3.8, 4) is 0 Å². The van der Waals surface area contributed by atoms with Gasteiger partial charge in [-0.2, -0.15) is 0 Å². The molecule has 20 heavy (non-hydrogen) atoms. The number of thiophene rings is 1. The monoisotopic (exact) mass is 316 g/mol. The van der Waals surface area contributed by atoms with E-state index in [1.54, 1.807) is 15.6 Å². The van der Waals surface area contributed by atoms with Gasteiger partial charge < -0.3 is 4.90 Å². The van der Waals surface area contributed by atoms with Gasteiger partial charge in [0, 0.05) is 31.1 Å². The third-order valence-corrected chi connectivity index (χ3v) is 6.05. The van der Waals surface area contributed by atoms with Gasteiger partial charge in [0.1, 0.15) is 0 Å². The highest BCUT2D eigenvalue weighted by Gasteiger charge is 2.26. The molecule has 0 spiro atoms. The lowest BCUT2D eigenvalue weighted by molar-refractivity contribution is 0.202. The molecule has 0 aromatic carbocycles. The molecule has 4 nitrogen and oxygen atoms in total. The van der Waals surface area contributed by atoms with E-state index in [0.29, 0.717) is 19.0 Å². The van der Waals surface area contributed by atoms with Gasteiger partial charge in [0.2, 0.25) is 10.0 Å². The second-order valence-corrected chi connectivity index (χ2v) is 8.74. The van der Waals surface area contributed by atoms with Crippen LogP contribution < -0.4 is 0 Å². The Hall–Kier alpha value is -0.430. The quantitative estimate of drug-likeness (QED) is 0.805. The number of piperidine rings is 1. The highest BCUT2D eigenvalue weighted by molar-refractivity contribution is 7.88.